The Bertz CT molecular complexity index is 962. The van der Waals surface area contributed by atoms with Crippen LogP contribution in [-0.2, 0) is 25.7 Å². The molecule has 0 atom stereocenters. The van der Waals surface area contributed by atoms with Crippen LogP contribution >= 0.6 is 31.9 Å². The summed E-state index contributed by atoms with van der Waals surface area (Å²) in [7, 11) is 1.79. The van der Waals surface area contributed by atoms with Crippen molar-refractivity contribution in [2.24, 2.45) is 0 Å². The molecule has 2 nitrogen and oxygen atoms in total. The Labute approximate surface area is 198 Å². The first-order chi connectivity index (χ1) is 14.4. The van der Waals surface area contributed by atoms with Crippen LogP contribution in [0.1, 0.15) is 75.1 Å². The van der Waals surface area contributed by atoms with Gasteiger partial charge >= 0.3 is 0 Å². The normalized spacial score (nSPS) is 16.1. The molecule has 0 fully saturated rings. The molecular formula is C26H32Br2O2. The highest BCUT2D eigenvalue weighted by atomic mass is 79.9. The Morgan fingerprint density at radius 1 is 0.800 bits per heavy atom. The van der Waals surface area contributed by atoms with Gasteiger partial charge in [0.2, 0.25) is 0 Å². The van der Waals surface area contributed by atoms with Gasteiger partial charge in [-0.2, -0.15) is 0 Å². The van der Waals surface area contributed by atoms with Gasteiger partial charge in [0.05, 0.1) is 16.1 Å². The van der Waals surface area contributed by atoms with Crippen molar-refractivity contribution in [3.63, 3.8) is 0 Å². The Morgan fingerprint density at radius 3 is 1.77 bits per heavy atom. The van der Waals surface area contributed by atoms with Crippen LogP contribution in [0.4, 0.5) is 0 Å². The Kier molecular flexibility index (Phi) is 6.56. The molecule has 0 radical (unpaired) electrons. The van der Waals surface area contributed by atoms with Gasteiger partial charge in [-0.1, -0.05) is 6.92 Å². The van der Waals surface area contributed by atoms with Crippen molar-refractivity contribution < 1.29 is 9.47 Å². The highest BCUT2D eigenvalue weighted by molar-refractivity contribution is 9.11. The van der Waals surface area contributed by atoms with Crippen molar-refractivity contribution in [2.45, 2.75) is 84.2 Å². The van der Waals surface area contributed by atoms with E-state index in [4.69, 9.17) is 9.47 Å². The smallest absolute Gasteiger partial charge is 0.142 e. The number of rotatable bonds is 5. The SMILES string of the molecule is CCC(C)(C)Oc1c(Br)cc2c(c1-c1c3c(cc(Br)c1OC)CCCC3)CCCC2. The highest BCUT2D eigenvalue weighted by Crippen LogP contribution is 2.52. The third-order valence-electron chi connectivity index (χ3n) is 6.80. The number of hydrogen-bond donors (Lipinski definition) is 0. The van der Waals surface area contributed by atoms with Crippen LogP contribution in [-0.4, -0.2) is 12.7 Å². The number of ether oxygens (including phenoxy) is 2. The van der Waals surface area contributed by atoms with Gasteiger partial charge in [-0.15, -0.1) is 0 Å². The molecule has 162 valence electrons. The van der Waals surface area contributed by atoms with E-state index in [0.717, 1.165) is 52.5 Å². The largest absolute Gasteiger partial charge is 0.495 e. The summed E-state index contributed by atoms with van der Waals surface area (Å²) in [4.78, 5) is 0. The lowest BCUT2D eigenvalue weighted by atomic mass is 9.80. The summed E-state index contributed by atoms with van der Waals surface area (Å²) in [6.07, 6.45) is 10.4. The monoisotopic (exact) mass is 534 g/mol. The second-order valence-electron chi connectivity index (χ2n) is 9.23. The van der Waals surface area contributed by atoms with E-state index >= 15 is 0 Å². The average Bonchev–Trinajstić information content (AvgIpc) is 2.73. The van der Waals surface area contributed by atoms with Gasteiger partial charge < -0.3 is 9.47 Å². The molecule has 0 amide bonds. The fourth-order valence-corrected chi connectivity index (χ4v) is 6.07. The van der Waals surface area contributed by atoms with Crippen molar-refractivity contribution in [2.75, 3.05) is 7.11 Å². The minimum absolute atomic E-state index is 0.237. The van der Waals surface area contributed by atoms with E-state index in [2.05, 4.69) is 64.8 Å². The Morgan fingerprint density at radius 2 is 1.27 bits per heavy atom. The van der Waals surface area contributed by atoms with Gasteiger partial charge in [0.25, 0.3) is 0 Å². The lowest BCUT2D eigenvalue weighted by Gasteiger charge is -2.32. The molecule has 0 saturated heterocycles. The predicted octanol–water partition coefficient (Wildman–Crippen LogP) is 8.21. The third kappa shape index (κ3) is 4.07. The van der Waals surface area contributed by atoms with Crippen molar-refractivity contribution in [1.82, 2.24) is 0 Å². The number of benzene rings is 2. The van der Waals surface area contributed by atoms with Crippen molar-refractivity contribution in [3.8, 4) is 22.6 Å². The fraction of sp³-hybridized carbons (Fsp3) is 0.538. The molecule has 0 aromatic heterocycles. The molecule has 2 aromatic carbocycles. The molecule has 4 heteroatoms. The second kappa shape index (κ2) is 8.86. The van der Waals surface area contributed by atoms with Crippen molar-refractivity contribution in [3.05, 3.63) is 43.3 Å². The molecule has 0 bridgehead atoms. The summed E-state index contributed by atoms with van der Waals surface area (Å²) in [6, 6.07) is 4.58. The van der Waals surface area contributed by atoms with Gasteiger partial charge in [0.15, 0.2) is 0 Å². The summed E-state index contributed by atoms with van der Waals surface area (Å²) in [5.41, 5.74) is 8.09. The topological polar surface area (TPSA) is 18.5 Å². The van der Waals surface area contributed by atoms with Gasteiger partial charge in [-0.3, -0.25) is 0 Å². The molecule has 0 spiro atoms. The number of aryl methyl sites for hydroxylation is 2. The standard InChI is InChI=1S/C26H32Br2O2/c1-5-26(2,3)30-25-21(28)15-17-11-7-9-13-19(17)23(25)22-18-12-8-6-10-16(18)14-20(27)24(22)29-4/h14-15H,5-13H2,1-4H3. The third-order valence-corrected chi connectivity index (χ3v) is 7.98. The molecule has 0 N–H and O–H groups in total. The summed E-state index contributed by atoms with van der Waals surface area (Å²) in [5.74, 6) is 1.92. The number of fused-ring (bicyclic) bond motifs is 2. The number of hydrogen-bond acceptors (Lipinski definition) is 2. The van der Waals surface area contributed by atoms with Crippen LogP contribution in [0.15, 0.2) is 21.1 Å². The zero-order valence-corrected chi connectivity index (χ0v) is 21.8. The van der Waals surface area contributed by atoms with E-state index in [1.807, 2.05) is 0 Å². The average molecular weight is 536 g/mol. The first-order valence-corrected chi connectivity index (χ1v) is 12.9. The summed E-state index contributed by atoms with van der Waals surface area (Å²) >= 11 is 7.71. The van der Waals surface area contributed by atoms with Crippen LogP contribution in [0.3, 0.4) is 0 Å². The van der Waals surface area contributed by atoms with Gasteiger partial charge in [-0.25, -0.2) is 0 Å². The van der Waals surface area contributed by atoms with Crippen LogP contribution in [0, 0.1) is 0 Å². The van der Waals surface area contributed by atoms with Crippen molar-refractivity contribution >= 4 is 31.9 Å². The highest BCUT2D eigenvalue weighted by Gasteiger charge is 2.31. The van der Waals surface area contributed by atoms with E-state index in [1.165, 1.54) is 59.1 Å². The maximum absolute atomic E-state index is 6.75. The summed E-state index contributed by atoms with van der Waals surface area (Å²) in [5, 5.41) is 0. The molecule has 2 aliphatic rings. The molecule has 0 aliphatic heterocycles. The first-order valence-electron chi connectivity index (χ1n) is 11.3. The second-order valence-corrected chi connectivity index (χ2v) is 10.9. The quantitative estimate of drug-likeness (QED) is 0.384. The molecule has 2 aromatic rings. The fourth-order valence-electron chi connectivity index (χ4n) is 4.87. The zero-order chi connectivity index (χ0) is 21.5. The van der Waals surface area contributed by atoms with Crippen LogP contribution < -0.4 is 9.47 Å². The lowest BCUT2D eigenvalue weighted by Crippen LogP contribution is -2.28. The maximum Gasteiger partial charge on any atom is 0.142 e. The molecule has 0 unspecified atom stereocenters. The molecule has 30 heavy (non-hydrogen) atoms. The summed E-state index contributed by atoms with van der Waals surface area (Å²) in [6.45, 7) is 6.54. The van der Waals surface area contributed by atoms with E-state index in [0.29, 0.717) is 0 Å². The van der Waals surface area contributed by atoms with Gasteiger partial charge in [0, 0.05) is 11.1 Å². The van der Waals surface area contributed by atoms with Crippen molar-refractivity contribution in [1.29, 1.82) is 0 Å². The molecule has 0 heterocycles. The number of methoxy groups -OCH3 is 1. The molecule has 4 rings (SSSR count). The van der Waals surface area contributed by atoms with Gasteiger partial charge in [0.1, 0.15) is 17.1 Å². The Hall–Kier alpha value is -1.00. The van der Waals surface area contributed by atoms with E-state index in [9.17, 15) is 0 Å². The molecular weight excluding hydrogens is 504 g/mol. The predicted molar refractivity (Wildman–Crippen MR) is 132 cm³/mol. The first kappa shape index (κ1) is 22.2. The van der Waals surface area contributed by atoms with Gasteiger partial charge in [-0.05, 0) is 138 Å². The number of halogens is 2. The van der Waals surface area contributed by atoms with E-state index < -0.39 is 0 Å². The van der Waals surface area contributed by atoms with E-state index in [1.54, 1.807) is 7.11 Å². The van der Waals surface area contributed by atoms with Crippen LogP contribution in [0.2, 0.25) is 0 Å². The van der Waals surface area contributed by atoms with Crippen LogP contribution in [0.25, 0.3) is 11.1 Å². The van der Waals surface area contributed by atoms with E-state index in [-0.39, 0.29) is 5.60 Å². The molecule has 2 aliphatic carbocycles. The molecule has 0 saturated carbocycles. The van der Waals surface area contributed by atoms with Crippen LogP contribution in [0.5, 0.6) is 11.5 Å². The lowest BCUT2D eigenvalue weighted by molar-refractivity contribution is 0.105. The summed E-state index contributed by atoms with van der Waals surface area (Å²) < 4.78 is 14.9. The minimum Gasteiger partial charge on any atom is -0.495 e. The zero-order valence-electron chi connectivity index (χ0n) is 18.6. The maximum atomic E-state index is 6.75. The minimum atomic E-state index is -0.237. The Balaban J connectivity index is 2.08.